The Kier molecular flexibility index (Phi) is 6.40. The number of para-hydroxylation sites is 2. The molecule has 0 aliphatic carbocycles. The van der Waals surface area contributed by atoms with Crippen LogP contribution in [0.25, 0.3) is 0 Å². The van der Waals surface area contributed by atoms with Gasteiger partial charge in [-0.3, -0.25) is 9.59 Å². The van der Waals surface area contributed by atoms with Crippen molar-refractivity contribution in [2.24, 2.45) is 0 Å². The average Bonchev–Trinajstić information content (AvgIpc) is 2.81. The lowest BCUT2D eigenvalue weighted by Gasteiger charge is -2.28. The maximum absolute atomic E-state index is 12.7. The minimum Gasteiger partial charge on any atom is -0.493 e. The molecule has 6 nitrogen and oxygen atoms in total. The summed E-state index contributed by atoms with van der Waals surface area (Å²) in [6.07, 6.45) is 0.853. The van der Waals surface area contributed by atoms with Crippen molar-refractivity contribution >= 4 is 11.7 Å². The lowest BCUT2D eigenvalue weighted by Crippen LogP contribution is -2.31. The van der Waals surface area contributed by atoms with Gasteiger partial charge in [-0.05, 0) is 43.7 Å². The highest BCUT2D eigenvalue weighted by Crippen LogP contribution is 2.42. The minimum absolute atomic E-state index is 0.0391. The van der Waals surface area contributed by atoms with Crippen LogP contribution >= 0.6 is 0 Å². The van der Waals surface area contributed by atoms with E-state index >= 15 is 0 Å². The van der Waals surface area contributed by atoms with Crippen LogP contribution in [0.15, 0.2) is 66.7 Å². The highest BCUT2D eigenvalue weighted by atomic mass is 16.5. The predicted molar refractivity (Wildman–Crippen MR) is 121 cm³/mol. The molecule has 1 N–H and O–H groups in total. The molecule has 0 unspecified atom stereocenters. The third-order valence-corrected chi connectivity index (χ3v) is 5.36. The first-order valence-electron chi connectivity index (χ1n) is 10.5. The molecule has 0 saturated heterocycles. The van der Waals surface area contributed by atoms with Crippen LogP contribution in [0.3, 0.4) is 0 Å². The number of ketones is 1. The maximum Gasteiger partial charge on any atom is 0.220 e. The summed E-state index contributed by atoms with van der Waals surface area (Å²) in [5.74, 6) is 2.44. The molecule has 0 spiro atoms. The second kappa shape index (κ2) is 9.56. The zero-order chi connectivity index (χ0) is 22.5. The number of Topliss-reactive ketones (excluding diaryl/α,β-unsaturated/α-hetero) is 1. The van der Waals surface area contributed by atoms with E-state index < -0.39 is 0 Å². The van der Waals surface area contributed by atoms with Crippen LogP contribution in [0, 0.1) is 0 Å². The van der Waals surface area contributed by atoms with Crippen LogP contribution in [0.4, 0.5) is 0 Å². The first-order chi connectivity index (χ1) is 15.6. The van der Waals surface area contributed by atoms with Gasteiger partial charge in [0.15, 0.2) is 17.3 Å². The van der Waals surface area contributed by atoms with Crippen molar-refractivity contribution in [2.45, 2.75) is 25.8 Å². The molecule has 164 valence electrons. The van der Waals surface area contributed by atoms with Gasteiger partial charge in [0.05, 0.1) is 19.8 Å². The van der Waals surface area contributed by atoms with Crippen molar-refractivity contribution < 1.29 is 23.8 Å². The molecule has 0 radical (unpaired) electrons. The van der Waals surface area contributed by atoms with Gasteiger partial charge in [-0.2, -0.15) is 0 Å². The van der Waals surface area contributed by atoms with Crippen LogP contribution in [0.5, 0.6) is 23.0 Å². The van der Waals surface area contributed by atoms with E-state index in [-0.39, 0.29) is 17.7 Å². The lowest BCUT2D eigenvalue weighted by molar-refractivity contribution is -0.121. The number of ether oxygens (including phenoxy) is 3. The Labute approximate surface area is 187 Å². The number of nitrogens with one attached hydrogen (secondary N) is 1. The van der Waals surface area contributed by atoms with Gasteiger partial charge < -0.3 is 19.5 Å². The number of amides is 1. The van der Waals surface area contributed by atoms with Gasteiger partial charge in [0.25, 0.3) is 0 Å². The van der Waals surface area contributed by atoms with Crippen molar-refractivity contribution in [1.82, 2.24) is 5.32 Å². The molecule has 6 heteroatoms. The van der Waals surface area contributed by atoms with Crippen molar-refractivity contribution in [3.05, 3.63) is 83.4 Å². The largest absolute Gasteiger partial charge is 0.493 e. The average molecular weight is 431 g/mol. The summed E-state index contributed by atoms with van der Waals surface area (Å²) in [5, 5.41) is 3.14. The second-order valence-corrected chi connectivity index (χ2v) is 7.55. The Morgan fingerprint density at radius 2 is 1.59 bits per heavy atom. The molecule has 32 heavy (non-hydrogen) atoms. The SMILES string of the molecule is COc1cc(C(C)=O)ccc1OCCCC(=O)NC1c2ccccc2Oc2ccccc21. The first kappa shape index (κ1) is 21.4. The van der Waals surface area contributed by atoms with E-state index in [4.69, 9.17) is 14.2 Å². The van der Waals surface area contributed by atoms with E-state index in [2.05, 4.69) is 5.32 Å². The highest BCUT2D eigenvalue weighted by molar-refractivity contribution is 5.94. The molecule has 0 saturated carbocycles. The molecular weight excluding hydrogens is 406 g/mol. The number of methoxy groups -OCH3 is 1. The molecule has 3 aromatic rings. The van der Waals surface area contributed by atoms with Gasteiger partial charge in [0, 0.05) is 23.1 Å². The lowest BCUT2D eigenvalue weighted by atomic mass is 9.94. The first-order valence-corrected chi connectivity index (χ1v) is 10.5. The van der Waals surface area contributed by atoms with Crippen molar-refractivity contribution in [1.29, 1.82) is 0 Å². The monoisotopic (exact) mass is 431 g/mol. The molecule has 3 aromatic carbocycles. The fourth-order valence-electron chi connectivity index (χ4n) is 3.72. The van der Waals surface area contributed by atoms with E-state index in [9.17, 15) is 9.59 Å². The summed E-state index contributed by atoms with van der Waals surface area (Å²) < 4.78 is 17.1. The van der Waals surface area contributed by atoms with Crippen molar-refractivity contribution in [2.75, 3.05) is 13.7 Å². The topological polar surface area (TPSA) is 73.9 Å². The fourth-order valence-corrected chi connectivity index (χ4v) is 3.72. The van der Waals surface area contributed by atoms with Gasteiger partial charge in [-0.25, -0.2) is 0 Å². The third kappa shape index (κ3) is 4.59. The van der Waals surface area contributed by atoms with Gasteiger partial charge in [-0.15, -0.1) is 0 Å². The Hall–Kier alpha value is -3.80. The number of rotatable bonds is 8. The smallest absolute Gasteiger partial charge is 0.220 e. The van der Waals surface area contributed by atoms with E-state index in [0.29, 0.717) is 36.5 Å². The summed E-state index contributed by atoms with van der Waals surface area (Å²) in [5.41, 5.74) is 2.43. The quantitative estimate of drug-likeness (QED) is 0.398. The molecule has 0 fully saturated rings. The number of carbonyl (C=O) groups is 2. The number of hydrogen-bond donors (Lipinski definition) is 1. The minimum atomic E-state index is -0.260. The summed E-state index contributed by atoms with van der Waals surface area (Å²) in [4.78, 5) is 24.2. The number of benzene rings is 3. The molecule has 0 aromatic heterocycles. The summed E-state index contributed by atoms with van der Waals surface area (Å²) in [7, 11) is 1.53. The Balaban J connectivity index is 1.36. The Morgan fingerprint density at radius 1 is 0.938 bits per heavy atom. The number of fused-ring (bicyclic) bond motifs is 2. The van der Waals surface area contributed by atoms with E-state index in [1.807, 2.05) is 48.5 Å². The van der Waals surface area contributed by atoms with Gasteiger partial charge in [0.1, 0.15) is 11.5 Å². The van der Waals surface area contributed by atoms with E-state index in [1.54, 1.807) is 18.2 Å². The molecule has 1 aliphatic heterocycles. The van der Waals surface area contributed by atoms with Gasteiger partial charge in [-0.1, -0.05) is 36.4 Å². The zero-order valence-corrected chi connectivity index (χ0v) is 18.1. The molecular formula is C26H25NO5. The second-order valence-electron chi connectivity index (χ2n) is 7.55. The molecule has 1 amide bonds. The number of carbonyl (C=O) groups excluding carboxylic acids is 2. The Bertz CT molecular complexity index is 1100. The normalized spacial score (nSPS) is 12.2. The van der Waals surface area contributed by atoms with Gasteiger partial charge in [0.2, 0.25) is 5.91 Å². The van der Waals surface area contributed by atoms with Crippen LogP contribution in [0.2, 0.25) is 0 Å². The summed E-state index contributed by atoms with van der Waals surface area (Å²) >= 11 is 0. The molecule has 4 rings (SSSR count). The van der Waals surface area contributed by atoms with Crippen molar-refractivity contribution in [3.63, 3.8) is 0 Å². The maximum atomic E-state index is 12.7. The van der Waals surface area contributed by atoms with Crippen LogP contribution in [0.1, 0.15) is 47.3 Å². The van der Waals surface area contributed by atoms with Crippen LogP contribution < -0.4 is 19.5 Å². The van der Waals surface area contributed by atoms with E-state index in [0.717, 1.165) is 22.6 Å². The Morgan fingerprint density at radius 3 is 2.22 bits per heavy atom. The third-order valence-electron chi connectivity index (χ3n) is 5.36. The number of hydrogen-bond acceptors (Lipinski definition) is 5. The molecule has 0 bridgehead atoms. The van der Waals surface area contributed by atoms with Crippen molar-refractivity contribution in [3.8, 4) is 23.0 Å². The molecule has 1 aliphatic rings. The van der Waals surface area contributed by atoms with Crippen LogP contribution in [-0.2, 0) is 4.79 Å². The molecule has 0 atom stereocenters. The van der Waals surface area contributed by atoms with Gasteiger partial charge >= 0.3 is 0 Å². The zero-order valence-electron chi connectivity index (χ0n) is 18.1. The molecule has 1 heterocycles. The summed E-state index contributed by atoms with van der Waals surface area (Å²) in [6.45, 7) is 1.85. The summed E-state index contributed by atoms with van der Waals surface area (Å²) in [6, 6.07) is 20.3. The van der Waals surface area contributed by atoms with Crippen LogP contribution in [-0.4, -0.2) is 25.4 Å². The fraction of sp³-hybridized carbons (Fsp3) is 0.231. The van der Waals surface area contributed by atoms with E-state index in [1.165, 1.54) is 14.0 Å². The standard InChI is InChI=1S/C26H25NO5/c1-17(28)18-13-14-23(24(16-18)30-2)31-15-7-12-25(29)27-26-19-8-3-5-10-21(19)32-22-11-6-4-9-20(22)26/h3-6,8-11,13-14,16,26H,7,12,15H2,1-2H3,(H,27,29). The predicted octanol–water partition coefficient (Wildman–Crippen LogP) is 5.07. The highest BCUT2D eigenvalue weighted by Gasteiger charge is 2.27.